The average Bonchev–Trinajstić information content (AvgIpc) is 3.09. The van der Waals surface area contributed by atoms with Crippen LogP contribution in [0.5, 0.6) is 0 Å². The number of fused-ring (bicyclic) bond motifs is 1. The Balaban J connectivity index is 2.11. The van der Waals surface area contributed by atoms with E-state index in [4.69, 9.17) is 0 Å². The van der Waals surface area contributed by atoms with E-state index in [9.17, 15) is 9.59 Å². The molecule has 1 aliphatic heterocycles. The standard InChI is InChI=1S/C22H28N4O2S/c1-7-16-23-19-21(25(16)17(27)8-2)29-20(24-26(19)18(28)9-3)14-10-12-15(13-11-14)22(4,5)6/h10-13H,7-9H2,1-6H3. The van der Waals surface area contributed by atoms with Gasteiger partial charge in [-0.2, -0.15) is 10.1 Å². The van der Waals surface area contributed by atoms with Crippen LogP contribution >= 0.6 is 11.8 Å². The first-order valence-corrected chi connectivity index (χ1v) is 10.9. The molecule has 0 radical (unpaired) electrons. The van der Waals surface area contributed by atoms with Crippen molar-refractivity contribution in [2.24, 2.45) is 5.10 Å². The fourth-order valence-electron chi connectivity index (χ4n) is 3.12. The molecule has 1 amide bonds. The summed E-state index contributed by atoms with van der Waals surface area (Å²) in [5.74, 6) is 0.932. The molecule has 29 heavy (non-hydrogen) atoms. The number of carbonyl (C=O) groups excluding carboxylic acids is 2. The fourth-order valence-corrected chi connectivity index (χ4v) is 4.20. The summed E-state index contributed by atoms with van der Waals surface area (Å²) in [6, 6.07) is 8.22. The normalized spacial score (nSPS) is 13.9. The number of nitrogens with zero attached hydrogens (tertiary/aromatic N) is 4. The third-order valence-electron chi connectivity index (χ3n) is 4.88. The molecule has 2 aromatic rings. The molecule has 1 aromatic heterocycles. The minimum absolute atomic E-state index is 0.0312. The number of aryl methyl sites for hydroxylation is 1. The summed E-state index contributed by atoms with van der Waals surface area (Å²) in [6.07, 6.45) is 1.27. The number of anilines is 1. The number of aromatic nitrogens is 2. The van der Waals surface area contributed by atoms with E-state index < -0.39 is 0 Å². The number of hydrogen-bond donors (Lipinski definition) is 0. The lowest BCUT2D eigenvalue weighted by molar-refractivity contribution is -0.118. The first-order chi connectivity index (χ1) is 13.7. The third kappa shape index (κ3) is 4.01. The highest BCUT2D eigenvalue weighted by atomic mass is 32.2. The van der Waals surface area contributed by atoms with E-state index in [1.54, 1.807) is 11.5 Å². The van der Waals surface area contributed by atoms with Crippen LogP contribution < -0.4 is 5.01 Å². The molecule has 0 saturated carbocycles. The van der Waals surface area contributed by atoms with Gasteiger partial charge in [-0.3, -0.25) is 14.2 Å². The number of carbonyl (C=O) groups is 2. The van der Waals surface area contributed by atoms with Crippen LogP contribution in [0.25, 0.3) is 0 Å². The second-order valence-corrected chi connectivity index (χ2v) is 8.96. The lowest BCUT2D eigenvalue weighted by Gasteiger charge is -2.23. The maximum absolute atomic E-state index is 12.6. The molecule has 0 aliphatic carbocycles. The molecular weight excluding hydrogens is 384 g/mol. The first kappa shape index (κ1) is 21.3. The van der Waals surface area contributed by atoms with Crippen molar-refractivity contribution in [3.63, 3.8) is 0 Å². The van der Waals surface area contributed by atoms with Gasteiger partial charge in [-0.05, 0) is 22.7 Å². The summed E-state index contributed by atoms with van der Waals surface area (Å²) in [4.78, 5) is 29.8. The van der Waals surface area contributed by atoms with Crippen LogP contribution in [0.2, 0.25) is 0 Å². The SMILES string of the molecule is CCC(=O)N1N=C(c2ccc(C(C)(C)C)cc2)Sc2c1nc(CC)n2C(=O)CC. The van der Waals surface area contributed by atoms with Crippen molar-refractivity contribution >= 4 is 34.4 Å². The van der Waals surface area contributed by atoms with Gasteiger partial charge in [0.1, 0.15) is 15.9 Å². The van der Waals surface area contributed by atoms with E-state index in [0.717, 1.165) is 5.56 Å². The van der Waals surface area contributed by atoms with Crippen LogP contribution in [0.15, 0.2) is 34.4 Å². The van der Waals surface area contributed by atoms with Crippen LogP contribution in [-0.4, -0.2) is 26.4 Å². The summed E-state index contributed by atoms with van der Waals surface area (Å²) < 4.78 is 1.65. The van der Waals surface area contributed by atoms with E-state index in [0.29, 0.717) is 41.0 Å². The molecular formula is C22H28N4O2S. The predicted molar refractivity (Wildman–Crippen MR) is 118 cm³/mol. The van der Waals surface area contributed by atoms with Crippen molar-refractivity contribution in [2.45, 2.75) is 71.2 Å². The Morgan fingerprint density at radius 2 is 1.62 bits per heavy atom. The Kier molecular flexibility index (Phi) is 5.98. The van der Waals surface area contributed by atoms with Crippen molar-refractivity contribution < 1.29 is 9.59 Å². The van der Waals surface area contributed by atoms with Gasteiger partial charge in [0, 0.05) is 24.8 Å². The molecule has 2 heterocycles. The maximum atomic E-state index is 12.6. The zero-order chi connectivity index (χ0) is 21.3. The Labute approximate surface area is 176 Å². The van der Waals surface area contributed by atoms with Crippen molar-refractivity contribution in [1.29, 1.82) is 0 Å². The second kappa shape index (κ2) is 8.14. The van der Waals surface area contributed by atoms with Gasteiger partial charge in [-0.15, -0.1) is 0 Å². The highest BCUT2D eigenvalue weighted by Gasteiger charge is 2.33. The van der Waals surface area contributed by atoms with Gasteiger partial charge in [0.05, 0.1) is 0 Å². The van der Waals surface area contributed by atoms with Gasteiger partial charge >= 0.3 is 0 Å². The predicted octanol–water partition coefficient (Wildman–Crippen LogP) is 5.00. The molecule has 0 bridgehead atoms. The number of hydrogen-bond acceptors (Lipinski definition) is 5. The molecule has 1 aliphatic rings. The quantitative estimate of drug-likeness (QED) is 0.708. The molecule has 3 rings (SSSR count). The summed E-state index contributed by atoms with van der Waals surface area (Å²) in [7, 11) is 0. The number of imidazole rings is 1. The van der Waals surface area contributed by atoms with Crippen molar-refractivity contribution in [3.05, 3.63) is 41.2 Å². The number of rotatable bonds is 4. The molecule has 6 nitrogen and oxygen atoms in total. The van der Waals surface area contributed by atoms with Gasteiger partial charge < -0.3 is 0 Å². The minimum Gasteiger partial charge on any atom is -0.274 e. The van der Waals surface area contributed by atoms with E-state index in [1.165, 1.54) is 22.3 Å². The van der Waals surface area contributed by atoms with Crippen LogP contribution in [0.1, 0.15) is 76.1 Å². The van der Waals surface area contributed by atoms with Crippen molar-refractivity contribution in [1.82, 2.24) is 9.55 Å². The second-order valence-electron chi connectivity index (χ2n) is 7.99. The van der Waals surface area contributed by atoms with E-state index in [-0.39, 0.29) is 17.2 Å². The van der Waals surface area contributed by atoms with Gasteiger partial charge in [0.2, 0.25) is 11.8 Å². The van der Waals surface area contributed by atoms with E-state index in [2.05, 4.69) is 43.0 Å². The zero-order valence-electron chi connectivity index (χ0n) is 17.9. The molecule has 0 saturated heterocycles. The number of thioether (sulfide) groups is 1. The summed E-state index contributed by atoms with van der Waals surface area (Å²) in [5.41, 5.74) is 2.20. The topological polar surface area (TPSA) is 67.6 Å². The van der Waals surface area contributed by atoms with E-state index in [1.807, 2.05) is 26.0 Å². The Morgan fingerprint density at radius 1 is 1.00 bits per heavy atom. The molecule has 0 atom stereocenters. The van der Waals surface area contributed by atoms with Gasteiger partial charge in [0.25, 0.3) is 0 Å². The molecule has 0 spiro atoms. The number of benzene rings is 1. The lowest BCUT2D eigenvalue weighted by Crippen LogP contribution is -2.29. The number of hydrazone groups is 1. The van der Waals surface area contributed by atoms with E-state index >= 15 is 0 Å². The highest BCUT2D eigenvalue weighted by molar-refractivity contribution is 8.14. The minimum atomic E-state index is -0.147. The lowest BCUT2D eigenvalue weighted by atomic mass is 9.87. The Bertz CT molecular complexity index is 968. The molecule has 0 N–H and O–H groups in total. The molecule has 154 valence electrons. The summed E-state index contributed by atoms with van der Waals surface area (Å²) in [5, 5.41) is 7.32. The van der Waals surface area contributed by atoms with Crippen LogP contribution in [0, 0.1) is 0 Å². The Morgan fingerprint density at radius 3 is 2.14 bits per heavy atom. The molecule has 0 unspecified atom stereocenters. The van der Waals surface area contributed by atoms with Crippen LogP contribution in [0.3, 0.4) is 0 Å². The third-order valence-corrected chi connectivity index (χ3v) is 5.95. The maximum Gasteiger partial charge on any atom is 0.248 e. The zero-order valence-corrected chi connectivity index (χ0v) is 18.8. The van der Waals surface area contributed by atoms with Crippen LogP contribution in [0.4, 0.5) is 5.82 Å². The van der Waals surface area contributed by atoms with Crippen molar-refractivity contribution in [3.8, 4) is 0 Å². The van der Waals surface area contributed by atoms with Crippen LogP contribution in [-0.2, 0) is 16.6 Å². The average molecular weight is 413 g/mol. The largest absolute Gasteiger partial charge is 0.274 e. The van der Waals surface area contributed by atoms with Gasteiger partial charge in [-0.25, -0.2) is 4.98 Å². The number of amides is 1. The summed E-state index contributed by atoms with van der Waals surface area (Å²) in [6.45, 7) is 12.1. The molecule has 1 aromatic carbocycles. The van der Waals surface area contributed by atoms with Crippen molar-refractivity contribution in [2.75, 3.05) is 5.01 Å². The fraction of sp³-hybridized carbons (Fsp3) is 0.455. The highest BCUT2D eigenvalue weighted by Crippen LogP contribution is 2.39. The summed E-state index contributed by atoms with van der Waals surface area (Å²) >= 11 is 1.40. The van der Waals surface area contributed by atoms with Gasteiger partial charge in [-0.1, -0.05) is 65.8 Å². The Hall–Kier alpha value is -2.41. The monoisotopic (exact) mass is 412 g/mol. The first-order valence-electron chi connectivity index (χ1n) is 10.1. The molecule has 0 fully saturated rings. The molecule has 7 heteroatoms. The smallest absolute Gasteiger partial charge is 0.248 e. The van der Waals surface area contributed by atoms with Gasteiger partial charge in [0.15, 0.2) is 5.82 Å².